The highest BCUT2D eigenvalue weighted by atomic mass is 16.5. The van der Waals surface area contributed by atoms with Crippen LogP contribution in [-0.2, 0) is 16.1 Å². The number of ether oxygens (including phenoxy) is 1. The fraction of sp³-hybridized carbons (Fsp3) is 0.600. The van der Waals surface area contributed by atoms with E-state index in [9.17, 15) is 4.79 Å². The molecule has 0 aromatic carbocycles. The fourth-order valence-corrected chi connectivity index (χ4v) is 1.35. The van der Waals surface area contributed by atoms with Crippen LogP contribution in [0.5, 0.6) is 0 Å². The molecule has 0 saturated carbocycles. The molecule has 0 fully saturated rings. The molecular formula is C10H18N4O2. The van der Waals surface area contributed by atoms with Crippen molar-refractivity contribution in [2.24, 2.45) is 5.73 Å². The van der Waals surface area contributed by atoms with E-state index in [0.717, 1.165) is 5.69 Å². The van der Waals surface area contributed by atoms with Crippen molar-refractivity contribution in [1.29, 1.82) is 0 Å². The Morgan fingerprint density at radius 2 is 2.50 bits per heavy atom. The first-order valence-corrected chi connectivity index (χ1v) is 5.16. The number of nitrogens with one attached hydrogen (secondary N) is 1. The van der Waals surface area contributed by atoms with Gasteiger partial charge in [-0.05, 0) is 6.92 Å². The summed E-state index contributed by atoms with van der Waals surface area (Å²) < 4.78 is 6.58. The van der Waals surface area contributed by atoms with E-state index in [1.165, 1.54) is 0 Å². The van der Waals surface area contributed by atoms with Gasteiger partial charge in [-0.2, -0.15) is 0 Å². The molecule has 1 heterocycles. The Hall–Kier alpha value is -1.40. The van der Waals surface area contributed by atoms with E-state index in [1.54, 1.807) is 24.2 Å². The molecule has 0 spiro atoms. The first kappa shape index (κ1) is 12.7. The summed E-state index contributed by atoms with van der Waals surface area (Å²) in [6.07, 6.45) is 3.28. The first-order valence-electron chi connectivity index (χ1n) is 5.16. The predicted octanol–water partition coefficient (Wildman–Crippen LogP) is -0.335. The monoisotopic (exact) mass is 226 g/mol. The summed E-state index contributed by atoms with van der Waals surface area (Å²) in [5, 5.41) is 2.73. The highest BCUT2D eigenvalue weighted by Gasteiger charge is 2.09. The lowest BCUT2D eigenvalue weighted by molar-refractivity contribution is -0.121. The highest BCUT2D eigenvalue weighted by Crippen LogP contribution is 2.07. The maximum Gasteiger partial charge on any atom is 0.240 e. The molecule has 3 N–H and O–H groups in total. The zero-order valence-corrected chi connectivity index (χ0v) is 9.64. The summed E-state index contributed by atoms with van der Waals surface area (Å²) >= 11 is 0. The van der Waals surface area contributed by atoms with E-state index in [-0.39, 0.29) is 18.5 Å². The number of rotatable bonds is 6. The van der Waals surface area contributed by atoms with E-state index in [0.29, 0.717) is 13.2 Å². The molecule has 6 nitrogen and oxygen atoms in total. The number of nitrogens with two attached hydrogens (primary N) is 1. The van der Waals surface area contributed by atoms with Gasteiger partial charge in [0.15, 0.2) is 0 Å². The molecule has 1 rings (SSSR count). The second-order valence-corrected chi connectivity index (χ2v) is 3.58. The van der Waals surface area contributed by atoms with Crippen LogP contribution in [0.4, 0.5) is 0 Å². The van der Waals surface area contributed by atoms with Gasteiger partial charge in [0.25, 0.3) is 0 Å². The van der Waals surface area contributed by atoms with Gasteiger partial charge < -0.3 is 20.4 Å². The maximum absolute atomic E-state index is 11.5. The number of nitrogens with zero attached hydrogens (tertiary/aromatic N) is 2. The smallest absolute Gasteiger partial charge is 0.240 e. The van der Waals surface area contributed by atoms with Gasteiger partial charge in [0.2, 0.25) is 5.91 Å². The molecule has 1 atom stereocenters. The van der Waals surface area contributed by atoms with Gasteiger partial charge in [0, 0.05) is 25.9 Å². The van der Waals surface area contributed by atoms with Crippen molar-refractivity contribution < 1.29 is 9.53 Å². The van der Waals surface area contributed by atoms with Gasteiger partial charge in [-0.25, -0.2) is 4.98 Å². The van der Waals surface area contributed by atoms with E-state index in [1.807, 2.05) is 6.92 Å². The van der Waals surface area contributed by atoms with Crippen molar-refractivity contribution in [2.45, 2.75) is 19.5 Å². The lowest BCUT2D eigenvalue weighted by Gasteiger charge is -2.10. The van der Waals surface area contributed by atoms with E-state index in [4.69, 9.17) is 10.5 Å². The Labute approximate surface area is 94.8 Å². The number of imidazole rings is 1. The minimum absolute atomic E-state index is 0.0723. The normalized spacial score (nSPS) is 12.4. The first-order chi connectivity index (χ1) is 7.65. The van der Waals surface area contributed by atoms with Crippen LogP contribution in [0.15, 0.2) is 12.5 Å². The number of carbonyl (C=O) groups is 1. The largest absolute Gasteiger partial charge is 0.383 e. The average molecular weight is 226 g/mol. The number of hydrogen-bond donors (Lipinski definition) is 2. The molecule has 0 radical (unpaired) electrons. The third-order valence-corrected chi connectivity index (χ3v) is 2.15. The Morgan fingerprint density at radius 1 is 1.75 bits per heavy atom. The molecule has 1 aromatic rings. The number of carbonyl (C=O) groups excluding carboxylic acids is 1. The summed E-state index contributed by atoms with van der Waals surface area (Å²) in [7, 11) is 1.59. The van der Waals surface area contributed by atoms with Crippen LogP contribution in [0, 0.1) is 0 Å². The second-order valence-electron chi connectivity index (χ2n) is 3.58. The fourth-order valence-electron chi connectivity index (χ4n) is 1.35. The second kappa shape index (κ2) is 6.24. The number of methoxy groups -OCH3 is 1. The van der Waals surface area contributed by atoms with E-state index >= 15 is 0 Å². The summed E-state index contributed by atoms with van der Waals surface area (Å²) in [5.41, 5.74) is 6.59. The molecule has 0 bridgehead atoms. The molecule has 6 heteroatoms. The van der Waals surface area contributed by atoms with Crippen molar-refractivity contribution in [2.75, 3.05) is 20.3 Å². The predicted molar refractivity (Wildman–Crippen MR) is 59.7 cm³/mol. The van der Waals surface area contributed by atoms with Crippen LogP contribution < -0.4 is 11.1 Å². The minimum Gasteiger partial charge on any atom is -0.383 e. The van der Waals surface area contributed by atoms with Gasteiger partial charge in [-0.1, -0.05) is 0 Å². The van der Waals surface area contributed by atoms with Gasteiger partial charge in [-0.3, -0.25) is 4.79 Å². The van der Waals surface area contributed by atoms with Crippen LogP contribution in [-0.4, -0.2) is 35.7 Å². The molecule has 1 amide bonds. The topological polar surface area (TPSA) is 82.2 Å². The summed E-state index contributed by atoms with van der Waals surface area (Å²) in [5.74, 6) is -0.0723. The summed E-state index contributed by atoms with van der Waals surface area (Å²) in [6, 6.07) is -0.130. The number of aromatic nitrogens is 2. The summed E-state index contributed by atoms with van der Waals surface area (Å²) in [6.45, 7) is 3.12. The Kier molecular flexibility index (Phi) is 4.94. The molecule has 0 unspecified atom stereocenters. The van der Waals surface area contributed by atoms with Gasteiger partial charge in [0.1, 0.15) is 6.54 Å². The lowest BCUT2D eigenvalue weighted by atomic mass is 10.3. The van der Waals surface area contributed by atoms with Crippen LogP contribution in [0.25, 0.3) is 0 Å². The zero-order chi connectivity index (χ0) is 12.0. The van der Waals surface area contributed by atoms with Crippen LogP contribution in [0.2, 0.25) is 0 Å². The number of amides is 1. The molecular weight excluding hydrogens is 208 g/mol. The maximum atomic E-state index is 11.5. The highest BCUT2D eigenvalue weighted by molar-refractivity contribution is 5.75. The van der Waals surface area contributed by atoms with E-state index < -0.39 is 0 Å². The molecule has 90 valence electrons. The van der Waals surface area contributed by atoms with Crippen LogP contribution >= 0.6 is 0 Å². The molecule has 16 heavy (non-hydrogen) atoms. The molecule has 0 aliphatic carbocycles. The Bertz CT molecular complexity index is 335. The van der Waals surface area contributed by atoms with Crippen molar-refractivity contribution in [3.63, 3.8) is 0 Å². The molecule has 1 aromatic heterocycles. The van der Waals surface area contributed by atoms with Crippen LogP contribution in [0.3, 0.4) is 0 Å². The third kappa shape index (κ3) is 3.63. The van der Waals surface area contributed by atoms with Crippen molar-refractivity contribution in [3.05, 3.63) is 18.2 Å². The van der Waals surface area contributed by atoms with E-state index in [2.05, 4.69) is 10.3 Å². The molecule has 0 aliphatic rings. The standard InChI is InChI=1S/C10H18N4O2/c1-8(11)9-5-12-7-14(9)6-10(15)13-3-4-16-2/h5,7-8H,3-4,6,11H2,1-2H3,(H,13,15)/t8-/m0/s1. The quantitative estimate of drug-likeness (QED) is 0.650. The lowest BCUT2D eigenvalue weighted by Crippen LogP contribution is -2.31. The van der Waals surface area contributed by atoms with Crippen LogP contribution in [0.1, 0.15) is 18.7 Å². The minimum atomic E-state index is -0.130. The molecule has 0 saturated heterocycles. The molecule has 0 aliphatic heterocycles. The summed E-state index contributed by atoms with van der Waals surface area (Å²) in [4.78, 5) is 15.5. The third-order valence-electron chi connectivity index (χ3n) is 2.15. The Morgan fingerprint density at radius 3 is 3.12 bits per heavy atom. The zero-order valence-electron chi connectivity index (χ0n) is 9.64. The Balaban J connectivity index is 2.46. The van der Waals surface area contributed by atoms with Crippen molar-refractivity contribution >= 4 is 5.91 Å². The van der Waals surface area contributed by atoms with Gasteiger partial charge >= 0.3 is 0 Å². The van der Waals surface area contributed by atoms with Crippen molar-refractivity contribution in [1.82, 2.24) is 14.9 Å². The number of hydrogen-bond acceptors (Lipinski definition) is 4. The SMILES string of the molecule is COCCNC(=O)Cn1cncc1[C@H](C)N. The average Bonchev–Trinajstić information content (AvgIpc) is 2.66. The van der Waals surface area contributed by atoms with Gasteiger partial charge in [0.05, 0.1) is 18.6 Å². The van der Waals surface area contributed by atoms with Crippen molar-refractivity contribution in [3.8, 4) is 0 Å². The van der Waals surface area contributed by atoms with Gasteiger partial charge in [-0.15, -0.1) is 0 Å².